The molecule has 0 saturated carbocycles. The van der Waals surface area contributed by atoms with Crippen LogP contribution in [0.3, 0.4) is 0 Å². The minimum atomic E-state index is -0.102. The molecule has 2 aromatic rings. The van der Waals surface area contributed by atoms with Gasteiger partial charge in [-0.05, 0) is 49.9 Å². The van der Waals surface area contributed by atoms with Crippen LogP contribution >= 0.6 is 0 Å². The number of ether oxygens (including phenoxy) is 2. The molecule has 0 radical (unpaired) electrons. The van der Waals surface area contributed by atoms with Crippen molar-refractivity contribution in [2.45, 2.75) is 32.2 Å². The number of aryl methyl sites for hydroxylation is 1. The summed E-state index contributed by atoms with van der Waals surface area (Å²) in [6.45, 7) is 7.16. The Kier molecular flexibility index (Phi) is 6.44. The average molecular weight is 437 g/mol. The molecule has 1 saturated heterocycles. The molecule has 1 aromatic heterocycles. The number of hydrogen-bond acceptors (Lipinski definition) is 7. The van der Waals surface area contributed by atoms with E-state index < -0.39 is 0 Å². The molecule has 0 aliphatic carbocycles. The zero-order valence-corrected chi connectivity index (χ0v) is 18.2. The number of likely N-dealkylation sites (tertiary alicyclic amines) is 1. The molecule has 0 spiro atoms. The number of anilines is 1. The van der Waals surface area contributed by atoms with Crippen LogP contribution in [-0.2, 0) is 6.42 Å². The third kappa shape index (κ3) is 4.61. The molecule has 0 bridgehead atoms. The maximum Gasteiger partial charge on any atom is 0.317 e. The zero-order valence-electron chi connectivity index (χ0n) is 18.2. The van der Waals surface area contributed by atoms with E-state index in [9.17, 15) is 4.79 Å². The van der Waals surface area contributed by atoms with E-state index in [4.69, 9.17) is 15.2 Å². The van der Waals surface area contributed by atoms with Crippen LogP contribution in [0.1, 0.15) is 35.8 Å². The molecule has 168 valence electrons. The number of carbonyl (C=O) groups is 1. The molecule has 4 rings (SSSR count). The van der Waals surface area contributed by atoms with Crippen LogP contribution in [-0.4, -0.2) is 40.8 Å². The van der Waals surface area contributed by atoms with Crippen LogP contribution in [0.15, 0.2) is 49.4 Å². The Labute approximate surface area is 187 Å². The van der Waals surface area contributed by atoms with E-state index >= 15 is 0 Å². The summed E-state index contributed by atoms with van der Waals surface area (Å²) in [6.07, 6.45) is 7.12. The summed E-state index contributed by atoms with van der Waals surface area (Å²) in [5.74, 6) is 1.99. The van der Waals surface area contributed by atoms with E-state index in [1.54, 1.807) is 17.3 Å². The van der Waals surface area contributed by atoms with Gasteiger partial charge in [-0.2, -0.15) is 0 Å². The second-order valence-electron chi connectivity index (χ2n) is 7.69. The standard InChI is InChI=1S/C23H28N6O3/c1-3-28(12-9-24)22-26-16(2)13-18(27-22)19-5-4-11-29(19)23(30)25-10-8-17-6-7-20-21(14-17)32-15-31-20/h3,6-7,9,12-14,19H,1,4-5,8,10-11,15,24H2,2H3,(H,25,30)/b12-9-. The van der Waals surface area contributed by atoms with Crippen LogP contribution in [0.4, 0.5) is 10.7 Å². The minimum absolute atomic E-state index is 0.0894. The molecule has 2 aliphatic heterocycles. The molecule has 1 fully saturated rings. The summed E-state index contributed by atoms with van der Waals surface area (Å²) in [5, 5.41) is 3.04. The Balaban J connectivity index is 1.41. The van der Waals surface area contributed by atoms with Crippen molar-refractivity contribution in [1.82, 2.24) is 20.2 Å². The van der Waals surface area contributed by atoms with E-state index in [1.165, 1.54) is 6.20 Å². The number of nitrogens with two attached hydrogens (primary N) is 1. The lowest BCUT2D eigenvalue weighted by Crippen LogP contribution is -2.40. The summed E-state index contributed by atoms with van der Waals surface area (Å²) >= 11 is 0. The Morgan fingerprint density at radius 2 is 2.19 bits per heavy atom. The van der Waals surface area contributed by atoms with E-state index in [0.717, 1.165) is 41.3 Å². The van der Waals surface area contributed by atoms with Gasteiger partial charge in [0.2, 0.25) is 12.7 Å². The van der Waals surface area contributed by atoms with Crippen LogP contribution < -0.4 is 25.4 Å². The highest BCUT2D eigenvalue weighted by molar-refractivity contribution is 5.75. The van der Waals surface area contributed by atoms with Crippen molar-refractivity contribution in [2.75, 3.05) is 24.8 Å². The summed E-state index contributed by atoms with van der Waals surface area (Å²) in [7, 11) is 0. The molecule has 9 heteroatoms. The van der Waals surface area contributed by atoms with Crippen LogP contribution in [0.2, 0.25) is 0 Å². The average Bonchev–Trinajstić information content (AvgIpc) is 3.46. The third-order valence-corrected chi connectivity index (χ3v) is 5.52. The number of amides is 2. The Morgan fingerprint density at radius 3 is 3.00 bits per heavy atom. The van der Waals surface area contributed by atoms with Gasteiger partial charge in [0.05, 0.1) is 11.7 Å². The Bertz CT molecular complexity index is 1020. The summed E-state index contributed by atoms with van der Waals surface area (Å²) in [4.78, 5) is 25.6. The number of nitrogens with zero attached hydrogens (tertiary/aromatic N) is 4. The van der Waals surface area contributed by atoms with Gasteiger partial charge in [0.1, 0.15) is 0 Å². The van der Waals surface area contributed by atoms with Gasteiger partial charge in [-0.15, -0.1) is 0 Å². The Hall–Kier alpha value is -3.75. The van der Waals surface area contributed by atoms with Gasteiger partial charge in [0.15, 0.2) is 11.5 Å². The van der Waals surface area contributed by atoms with Crippen molar-refractivity contribution in [1.29, 1.82) is 0 Å². The first kappa shape index (κ1) is 21.5. The maximum atomic E-state index is 12.9. The SMILES string of the molecule is C=CN(/C=C\N)c1nc(C)cc(C2CCCN2C(=O)NCCc2ccc3c(c2)OCO3)n1. The van der Waals surface area contributed by atoms with Crippen molar-refractivity contribution in [3.8, 4) is 11.5 Å². The molecule has 9 nitrogen and oxygen atoms in total. The smallest absolute Gasteiger partial charge is 0.317 e. The van der Waals surface area contributed by atoms with Gasteiger partial charge in [0, 0.05) is 37.4 Å². The first-order valence-electron chi connectivity index (χ1n) is 10.7. The minimum Gasteiger partial charge on any atom is -0.454 e. The van der Waals surface area contributed by atoms with Gasteiger partial charge in [-0.25, -0.2) is 14.8 Å². The van der Waals surface area contributed by atoms with Crippen LogP contribution in [0.25, 0.3) is 0 Å². The molecule has 1 aromatic carbocycles. The van der Waals surface area contributed by atoms with E-state index in [1.807, 2.05) is 36.1 Å². The van der Waals surface area contributed by atoms with E-state index in [-0.39, 0.29) is 18.9 Å². The van der Waals surface area contributed by atoms with Gasteiger partial charge in [0.25, 0.3) is 0 Å². The van der Waals surface area contributed by atoms with Gasteiger partial charge >= 0.3 is 6.03 Å². The third-order valence-electron chi connectivity index (χ3n) is 5.52. The monoisotopic (exact) mass is 436 g/mol. The van der Waals surface area contributed by atoms with Gasteiger partial charge < -0.3 is 25.4 Å². The largest absolute Gasteiger partial charge is 0.454 e. The van der Waals surface area contributed by atoms with Crippen molar-refractivity contribution in [3.05, 3.63) is 66.4 Å². The van der Waals surface area contributed by atoms with Crippen molar-refractivity contribution < 1.29 is 14.3 Å². The van der Waals surface area contributed by atoms with Gasteiger partial charge in [-0.3, -0.25) is 4.90 Å². The lowest BCUT2D eigenvalue weighted by molar-refractivity contribution is 0.174. The van der Waals surface area contributed by atoms with Gasteiger partial charge in [-0.1, -0.05) is 12.6 Å². The Morgan fingerprint density at radius 1 is 1.34 bits per heavy atom. The van der Waals surface area contributed by atoms with Crippen LogP contribution in [0.5, 0.6) is 11.5 Å². The number of fused-ring (bicyclic) bond motifs is 1. The lowest BCUT2D eigenvalue weighted by atomic mass is 10.1. The molecule has 2 amide bonds. The number of rotatable bonds is 7. The van der Waals surface area contributed by atoms with E-state index in [0.29, 0.717) is 25.5 Å². The highest BCUT2D eigenvalue weighted by atomic mass is 16.7. The number of urea groups is 1. The fraction of sp³-hybridized carbons (Fsp3) is 0.348. The molecule has 2 aliphatic rings. The van der Waals surface area contributed by atoms with Crippen molar-refractivity contribution >= 4 is 12.0 Å². The van der Waals surface area contributed by atoms with E-state index in [2.05, 4.69) is 21.9 Å². The second-order valence-corrected chi connectivity index (χ2v) is 7.69. The first-order valence-corrected chi connectivity index (χ1v) is 10.7. The first-order chi connectivity index (χ1) is 15.6. The molecule has 32 heavy (non-hydrogen) atoms. The fourth-order valence-corrected chi connectivity index (χ4v) is 3.99. The maximum absolute atomic E-state index is 12.9. The molecule has 3 heterocycles. The highest BCUT2D eigenvalue weighted by Gasteiger charge is 2.31. The number of carbonyl (C=O) groups excluding carboxylic acids is 1. The molecule has 1 atom stereocenters. The summed E-state index contributed by atoms with van der Waals surface area (Å²) < 4.78 is 10.8. The van der Waals surface area contributed by atoms with Crippen LogP contribution in [0, 0.1) is 6.92 Å². The van der Waals surface area contributed by atoms with Crippen molar-refractivity contribution in [2.24, 2.45) is 5.73 Å². The molecular formula is C23H28N6O3. The number of hydrogen-bond donors (Lipinski definition) is 2. The quantitative estimate of drug-likeness (QED) is 0.687. The number of nitrogens with one attached hydrogen (secondary N) is 1. The lowest BCUT2D eigenvalue weighted by Gasteiger charge is -2.25. The molecule has 3 N–H and O–H groups in total. The second kappa shape index (κ2) is 9.59. The number of benzene rings is 1. The zero-order chi connectivity index (χ0) is 22.5. The summed E-state index contributed by atoms with van der Waals surface area (Å²) in [6, 6.07) is 7.59. The predicted octanol–water partition coefficient (Wildman–Crippen LogP) is 2.98. The topological polar surface area (TPSA) is 106 Å². The summed E-state index contributed by atoms with van der Waals surface area (Å²) in [5.41, 5.74) is 8.23. The fourth-order valence-electron chi connectivity index (χ4n) is 3.99. The molecule has 1 unspecified atom stereocenters. The predicted molar refractivity (Wildman–Crippen MR) is 121 cm³/mol. The normalized spacial score (nSPS) is 17.0. The highest BCUT2D eigenvalue weighted by Crippen LogP contribution is 2.33. The van der Waals surface area contributed by atoms with Crippen molar-refractivity contribution in [3.63, 3.8) is 0 Å². The number of aromatic nitrogens is 2. The molecular weight excluding hydrogens is 408 g/mol.